The molecule has 2 aromatic rings. The van der Waals surface area contributed by atoms with Gasteiger partial charge in [-0.1, -0.05) is 0 Å². The van der Waals surface area contributed by atoms with Crippen LogP contribution in [-0.4, -0.2) is 33.8 Å². The third-order valence-corrected chi connectivity index (χ3v) is 3.93. The molecule has 0 aliphatic carbocycles. The Hall–Kier alpha value is -2.28. The molecule has 2 aromatic heterocycles. The molecule has 0 saturated carbocycles. The highest BCUT2D eigenvalue weighted by Crippen LogP contribution is 2.23. The minimum Gasteiger partial charge on any atom is -0.366 e. The summed E-state index contributed by atoms with van der Waals surface area (Å²) in [5.41, 5.74) is 6.98. The maximum Gasteiger partial charge on any atom is 0.244 e. The molecule has 1 fully saturated rings. The first-order chi connectivity index (χ1) is 10.6. The molecule has 0 unspecified atom stereocenters. The largest absolute Gasteiger partial charge is 0.366 e. The first kappa shape index (κ1) is 14.6. The monoisotopic (exact) mass is 315 g/mol. The summed E-state index contributed by atoms with van der Waals surface area (Å²) in [6.07, 6.45) is 9.01. The van der Waals surface area contributed by atoms with Crippen LogP contribution in [0.5, 0.6) is 0 Å². The van der Waals surface area contributed by atoms with Crippen molar-refractivity contribution in [3.8, 4) is 11.1 Å². The summed E-state index contributed by atoms with van der Waals surface area (Å²) in [6.45, 7) is 2.15. The van der Waals surface area contributed by atoms with E-state index >= 15 is 0 Å². The molecule has 0 atom stereocenters. The highest BCUT2D eigenvalue weighted by Gasteiger charge is 2.13. The molecule has 22 heavy (non-hydrogen) atoms. The molecule has 1 saturated heterocycles. The standard InChI is InChI=1S/C15H17N5OS/c16-13(21)7-15(22)20-10-12(9-18-20)11-3-4-14(17-8-11)19-5-1-2-6-19/h3-4,7-10,22H,1-2,5-6H2,(H2,16,21)/b15-7-. The average Bonchev–Trinajstić information content (AvgIpc) is 3.19. The number of primary amides is 1. The van der Waals surface area contributed by atoms with Crippen LogP contribution in [0.2, 0.25) is 0 Å². The van der Waals surface area contributed by atoms with Crippen molar-refractivity contribution in [2.45, 2.75) is 12.8 Å². The van der Waals surface area contributed by atoms with Gasteiger partial charge in [-0.05, 0) is 25.0 Å². The fourth-order valence-electron chi connectivity index (χ4n) is 2.48. The first-order valence-corrected chi connectivity index (χ1v) is 7.55. The normalized spacial score (nSPS) is 15.3. The smallest absolute Gasteiger partial charge is 0.244 e. The van der Waals surface area contributed by atoms with E-state index in [4.69, 9.17) is 5.73 Å². The Balaban J connectivity index is 1.79. The zero-order valence-corrected chi connectivity index (χ0v) is 12.9. The number of hydrogen-bond donors (Lipinski definition) is 2. The van der Waals surface area contributed by atoms with Crippen molar-refractivity contribution in [1.82, 2.24) is 14.8 Å². The third-order valence-electron chi connectivity index (χ3n) is 3.60. The van der Waals surface area contributed by atoms with Gasteiger partial charge in [-0.25, -0.2) is 9.67 Å². The van der Waals surface area contributed by atoms with E-state index in [0.717, 1.165) is 30.0 Å². The summed E-state index contributed by atoms with van der Waals surface area (Å²) in [7, 11) is 0. The molecule has 3 rings (SSSR count). The first-order valence-electron chi connectivity index (χ1n) is 7.10. The van der Waals surface area contributed by atoms with Crippen molar-refractivity contribution in [2.75, 3.05) is 18.0 Å². The SMILES string of the molecule is NC(=O)/C=C(\S)n1cc(-c2ccc(N3CCCC3)nc2)cn1. The van der Waals surface area contributed by atoms with E-state index < -0.39 is 5.91 Å². The number of nitrogens with two attached hydrogens (primary N) is 1. The third kappa shape index (κ3) is 3.14. The number of anilines is 1. The predicted molar refractivity (Wildman–Crippen MR) is 89.4 cm³/mol. The van der Waals surface area contributed by atoms with Gasteiger partial charge in [0.15, 0.2) is 0 Å². The van der Waals surface area contributed by atoms with Gasteiger partial charge < -0.3 is 10.6 Å². The number of aromatic nitrogens is 3. The highest BCUT2D eigenvalue weighted by atomic mass is 32.1. The van der Waals surface area contributed by atoms with Crippen molar-refractivity contribution in [2.24, 2.45) is 5.73 Å². The van der Waals surface area contributed by atoms with Crippen LogP contribution in [0.4, 0.5) is 5.82 Å². The van der Waals surface area contributed by atoms with Crippen LogP contribution in [0.25, 0.3) is 16.2 Å². The summed E-state index contributed by atoms with van der Waals surface area (Å²) in [6, 6.07) is 4.05. The number of carbonyl (C=O) groups excluding carboxylic acids is 1. The lowest BCUT2D eigenvalue weighted by Crippen LogP contribution is -2.18. The summed E-state index contributed by atoms with van der Waals surface area (Å²) in [4.78, 5) is 17.7. The van der Waals surface area contributed by atoms with Gasteiger partial charge in [-0.2, -0.15) is 5.10 Å². The number of pyridine rings is 1. The fourth-order valence-corrected chi connectivity index (χ4v) is 2.72. The molecule has 3 heterocycles. The van der Waals surface area contributed by atoms with Crippen molar-refractivity contribution >= 4 is 29.4 Å². The van der Waals surface area contributed by atoms with E-state index in [1.54, 1.807) is 12.4 Å². The van der Waals surface area contributed by atoms with Gasteiger partial charge in [0.05, 0.1) is 11.2 Å². The summed E-state index contributed by atoms with van der Waals surface area (Å²) in [5, 5.41) is 4.55. The van der Waals surface area contributed by atoms with E-state index in [0.29, 0.717) is 5.03 Å². The topological polar surface area (TPSA) is 77.0 Å². The second kappa shape index (κ2) is 6.23. The van der Waals surface area contributed by atoms with Crippen LogP contribution in [0.1, 0.15) is 12.8 Å². The fraction of sp³-hybridized carbons (Fsp3) is 0.267. The van der Waals surface area contributed by atoms with Gasteiger partial charge in [0.1, 0.15) is 5.82 Å². The van der Waals surface area contributed by atoms with E-state index in [-0.39, 0.29) is 0 Å². The van der Waals surface area contributed by atoms with E-state index in [9.17, 15) is 4.79 Å². The van der Waals surface area contributed by atoms with E-state index in [1.165, 1.54) is 23.6 Å². The molecule has 0 radical (unpaired) electrons. The molecular formula is C15H17N5OS. The maximum atomic E-state index is 10.9. The van der Waals surface area contributed by atoms with Gasteiger partial charge in [-0.15, -0.1) is 12.6 Å². The van der Waals surface area contributed by atoms with E-state index in [1.807, 2.05) is 18.3 Å². The van der Waals surface area contributed by atoms with Crippen molar-refractivity contribution in [3.63, 3.8) is 0 Å². The maximum absolute atomic E-state index is 10.9. The molecule has 2 N–H and O–H groups in total. The highest BCUT2D eigenvalue weighted by molar-refractivity contribution is 7.90. The number of rotatable bonds is 4. The number of amides is 1. The molecular weight excluding hydrogens is 298 g/mol. The predicted octanol–water partition coefficient (Wildman–Crippen LogP) is 1.76. The Labute approximate surface area is 134 Å². The molecule has 1 aliphatic rings. The summed E-state index contributed by atoms with van der Waals surface area (Å²) in [5.74, 6) is 0.454. The average molecular weight is 315 g/mol. The van der Waals surface area contributed by atoms with E-state index in [2.05, 4.69) is 27.6 Å². The molecule has 6 nitrogen and oxygen atoms in total. The molecule has 114 valence electrons. The number of carbonyl (C=O) groups is 1. The lowest BCUT2D eigenvalue weighted by molar-refractivity contribution is -0.113. The Bertz CT molecular complexity index is 701. The van der Waals surface area contributed by atoms with Crippen LogP contribution in [-0.2, 0) is 4.79 Å². The molecule has 1 aliphatic heterocycles. The number of thiol groups is 1. The summed E-state index contributed by atoms with van der Waals surface area (Å²) >= 11 is 4.20. The van der Waals surface area contributed by atoms with Crippen LogP contribution >= 0.6 is 12.6 Å². The van der Waals surface area contributed by atoms with Crippen LogP contribution in [0.3, 0.4) is 0 Å². The Morgan fingerprint density at radius 3 is 2.64 bits per heavy atom. The minimum atomic E-state index is -0.557. The Kier molecular flexibility index (Phi) is 4.15. The molecule has 1 amide bonds. The molecule has 0 spiro atoms. The van der Waals surface area contributed by atoms with Gasteiger partial charge in [0.25, 0.3) is 0 Å². The number of nitrogens with zero attached hydrogens (tertiary/aromatic N) is 4. The van der Waals surface area contributed by atoms with Crippen LogP contribution < -0.4 is 10.6 Å². The zero-order chi connectivity index (χ0) is 15.5. The van der Waals surface area contributed by atoms with Gasteiger partial charge in [-0.3, -0.25) is 4.79 Å². The Morgan fingerprint density at radius 2 is 2.00 bits per heavy atom. The molecule has 7 heteroatoms. The second-order valence-corrected chi connectivity index (χ2v) is 5.64. The van der Waals surface area contributed by atoms with Crippen molar-refractivity contribution in [3.05, 3.63) is 36.8 Å². The Morgan fingerprint density at radius 1 is 1.23 bits per heavy atom. The molecule has 0 aromatic carbocycles. The van der Waals surface area contributed by atoms with Crippen LogP contribution in [0, 0.1) is 0 Å². The van der Waals surface area contributed by atoms with Gasteiger partial charge in [0, 0.05) is 42.7 Å². The quantitative estimate of drug-likeness (QED) is 0.666. The summed E-state index contributed by atoms with van der Waals surface area (Å²) < 4.78 is 1.50. The second-order valence-electron chi connectivity index (χ2n) is 5.18. The van der Waals surface area contributed by atoms with Crippen molar-refractivity contribution < 1.29 is 4.79 Å². The van der Waals surface area contributed by atoms with Gasteiger partial charge >= 0.3 is 0 Å². The number of hydrogen-bond acceptors (Lipinski definition) is 5. The lowest BCUT2D eigenvalue weighted by Gasteiger charge is -2.15. The van der Waals surface area contributed by atoms with Gasteiger partial charge in [0.2, 0.25) is 5.91 Å². The van der Waals surface area contributed by atoms with Crippen molar-refractivity contribution in [1.29, 1.82) is 0 Å². The zero-order valence-electron chi connectivity index (χ0n) is 12.0. The lowest BCUT2D eigenvalue weighted by atomic mass is 10.2. The minimum absolute atomic E-state index is 0.375. The van der Waals surface area contributed by atoms with Crippen LogP contribution in [0.15, 0.2) is 36.8 Å². The molecule has 0 bridgehead atoms.